The van der Waals surface area contributed by atoms with Crippen LogP contribution in [0.5, 0.6) is 0 Å². The molecule has 0 aliphatic heterocycles. The first-order valence-corrected chi connectivity index (χ1v) is 6.41. The van der Waals surface area contributed by atoms with Gasteiger partial charge < -0.3 is 0 Å². The topological polar surface area (TPSA) is 12.9 Å². The van der Waals surface area contributed by atoms with Gasteiger partial charge in [-0.1, -0.05) is 48.5 Å². The molecule has 96 valence electrons. The van der Waals surface area contributed by atoms with Gasteiger partial charge in [0.25, 0.3) is 0 Å². The van der Waals surface area contributed by atoms with Crippen LogP contribution in [-0.2, 0) is 5.88 Å². The summed E-state index contributed by atoms with van der Waals surface area (Å²) in [5.41, 5.74) is 4.27. The van der Waals surface area contributed by atoms with Gasteiger partial charge in [0.2, 0.25) is 0 Å². The maximum absolute atomic E-state index is 5.79. The fraction of sp³-hybridized carbons (Fsp3) is 0.0625. The summed E-state index contributed by atoms with van der Waals surface area (Å²) in [6.45, 7) is 0. The molecule has 0 spiro atoms. The van der Waals surface area contributed by atoms with Crippen LogP contribution in [0.2, 0.25) is 0 Å². The van der Waals surface area contributed by atoms with Crippen molar-refractivity contribution in [3.8, 4) is 11.3 Å². The van der Waals surface area contributed by atoms with Gasteiger partial charge >= 0.3 is 0 Å². The van der Waals surface area contributed by atoms with Crippen LogP contribution in [0.3, 0.4) is 0 Å². The molecule has 0 N–H and O–H groups in total. The second kappa shape index (κ2) is 6.05. The fourth-order valence-electron chi connectivity index (χ4n) is 1.99. The average Bonchev–Trinajstić information content (AvgIpc) is 2.47. The van der Waals surface area contributed by atoms with Gasteiger partial charge in [0.05, 0.1) is 11.2 Å². The maximum atomic E-state index is 5.79. The minimum atomic E-state index is 0. The number of alkyl halides is 1. The Morgan fingerprint density at radius 1 is 0.842 bits per heavy atom. The number of benzene rings is 2. The van der Waals surface area contributed by atoms with E-state index in [2.05, 4.69) is 35.3 Å². The summed E-state index contributed by atoms with van der Waals surface area (Å²) in [5.74, 6) is 0.547. The average molecular weight is 290 g/mol. The smallest absolute Gasteiger partial charge is 0.0709 e. The maximum Gasteiger partial charge on any atom is 0.0709 e. The highest BCUT2D eigenvalue weighted by Crippen LogP contribution is 2.21. The molecule has 0 saturated heterocycles. The predicted octanol–water partition coefficient (Wildman–Crippen LogP) is 5.06. The van der Waals surface area contributed by atoms with Crippen LogP contribution in [0, 0.1) is 0 Å². The molecular formula is C16H13Cl2N. The van der Waals surface area contributed by atoms with Crippen LogP contribution < -0.4 is 0 Å². The summed E-state index contributed by atoms with van der Waals surface area (Å²) in [6.07, 6.45) is 0. The Kier molecular flexibility index (Phi) is 4.41. The number of hydrogen-bond acceptors (Lipinski definition) is 1. The normalized spacial score (nSPS) is 10.2. The lowest BCUT2D eigenvalue weighted by atomic mass is 10.1. The molecule has 0 aliphatic rings. The lowest BCUT2D eigenvalue weighted by molar-refractivity contribution is 1.37. The van der Waals surface area contributed by atoms with Gasteiger partial charge in [-0.3, -0.25) is 0 Å². The highest BCUT2D eigenvalue weighted by Gasteiger charge is 2.01. The Balaban J connectivity index is 0.00000133. The van der Waals surface area contributed by atoms with E-state index in [-0.39, 0.29) is 12.4 Å². The third-order valence-electron chi connectivity index (χ3n) is 3.00. The van der Waals surface area contributed by atoms with E-state index in [0.29, 0.717) is 5.88 Å². The zero-order valence-corrected chi connectivity index (χ0v) is 11.8. The second-order valence-electron chi connectivity index (χ2n) is 4.22. The standard InChI is InChI=1S/C16H12ClN.ClH/c17-11-12-5-7-14(8-6-12)16-10-9-13-3-1-2-4-15(13)18-16;/h1-10H,11H2;1H. The molecule has 0 unspecified atom stereocenters. The molecule has 3 heteroatoms. The largest absolute Gasteiger partial charge is 0.248 e. The van der Waals surface area contributed by atoms with Crippen LogP contribution >= 0.6 is 24.0 Å². The number of pyridine rings is 1. The van der Waals surface area contributed by atoms with Crippen molar-refractivity contribution in [2.45, 2.75) is 5.88 Å². The predicted molar refractivity (Wildman–Crippen MR) is 84.0 cm³/mol. The first-order valence-electron chi connectivity index (χ1n) is 5.88. The number of rotatable bonds is 2. The summed E-state index contributed by atoms with van der Waals surface area (Å²) in [7, 11) is 0. The summed E-state index contributed by atoms with van der Waals surface area (Å²) in [6, 6.07) is 20.5. The Morgan fingerprint density at radius 3 is 2.32 bits per heavy atom. The van der Waals surface area contributed by atoms with E-state index in [1.807, 2.05) is 30.3 Å². The summed E-state index contributed by atoms with van der Waals surface area (Å²) in [4.78, 5) is 4.67. The molecule has 1 aromatic heterocycles. The SMILES string of the molecule is Cl.ClCc1ccc(-c2ccc3ccccc3n2)cc1. The van der Waals surface area contributed by atoms with Crippen LogP contribution in [0.1, 0.15) is 5.56 Å². The molecule has 19 heavy (non-hydrogen) atoms. The molecule has 0 bridgehead atoms. The highest BCUT2D eigenvalue weighted by molar-refractivity contribution is 6.17. The van der Waals surface area contributed by atoms with Crippen molar-refractivity contribution in [2.24, 2.45) is 0 Å². The summed E-state index contributed by atoms with van der Waals surface area (Å²) < 4.78 is 0. The van der Waals surface area contributed by atoms with Crippen LogP contribution in [-0.4, -0.2) is 4.98 Å². The number of nitrogens with zero attached hydrogens (tertiary/aromatic N) is 1. The van der Waals surface area contributed by atoms with Crippen molar-refractivity contribution < 1.29 is 0 Å². The molecule has 0 fully saturated rings. The minimum Gasteiger partial charge on any atom is -0.248 e. The third-order valence-corrected chi connectivity index (χ3v) is 3.31. The Bertz CT molecular complexity index is 678. The summed E-state index contributed by atoms with van der Waals surface area (Å²) in [5, 5.41) is 1.17. The quantitative estimate of drug-likeness (QED) is 0.601. The van der Waals surface area contributed by atoms with Gasteiger partial charge in [0.1, 0.15) is 0 Å². The molecule has 1 heterocycles. The molecule has 2 aromatic carbocycles. The van der Waals surface area contributed by atoms with Gasteiger partial charge in [-0.2, -0.15) is 0 Å². The van der Waals surface area contributed by atoms with Gasteiger partial charge in [-0.25, -0.2) is 4.98 Å². The minimum absolute atomic E-state index is 0. The van der Waals surface area contributed by atoms with Crippen LogP contribution in [0.15, 0.2) is 60.7 Å². The Labute approximate surface area is 123 Å². The molecule has 0 saturated carbocycles. The van der Waals surface area contributed by atoms with E-state index in [1.54, 1.807) is 0 Å². The van der Waals surface area contributed by atoms with E-state index >= 15 is 0 Å². The van der Waals surface area contributed by atoms with Gasteiger partial charge in [-0.05, 0) is 17.7 Å². The number of para-hydroxylation sites is 1. The highest BCUT2D eigenvalue weighted by atomic mass is 35.5. The van der Waals surface area contributed by atoms with Crippen molar-refractivity contribution >= 4 is 34.9 Å². The lowest BCUT2D eigenvalue weighted by Gasteiger charge is -2.04. The second-order valence-corrected chi connectivity index (χ2v) is 4.49. The van der Waals surface area contributed by atoms with E-state index in [1.165, 1.54) is 5.39 Å². The van der Waals surface area contributed by atoms with Crippen LogP contribution in [0.4, 0.5) is 0 Å². The number of halogens is 2. The number of hydrogen-bond donors (Lipinski definition) is 0. The van der Waals surface area contributed by atoms with E-state index in [0.717, 1.165) is 22.3 Å². The molecule has 0 atom stereocenters. The molecule has 1 nitrogen and oxygen atoms in total. The van der Waals surface area contributed by atoms with Crippen molar-refractivity contribution in [1.82, 2.24) is 4.98 Å². The third kappa shape index (κ3) is 2.89. The number of fused-ring (bicyclic) bond motifs is 1. The Hall–Kier alpha value is -1.57. The lowest BCUT2D eigenvalue weighted by Crippen LogP contribution is -1.85. The van der Waals surface area contributed by atoms with Crippen LogP contribution in [0.25, 0.3) is 22.2 Å². The van der Waals surface area contributed by atoms with E-state index in [9.17, 15) is 0 Å². The molecule has 0 radical (unpaired) electrons. The Morgan fingerprint density at radius 2 is 1.58 bits per heavy atom. The van der Waals surface area contributed by atoms with Crippen molar-refractivity contribution in [2.75, 3.05) is 0 Å². The summed E-state index contributed by atoms with van der Waals surface area (Å²) >= 11 is 5.79. The molecule has 0 aliphatic carbocycles. The van der Waals surface area contributed by atoms with Gasteiger partial charge in [0, 0.05) is 16.8 Å². The van der Waals surface area contributed by atoms with Crippen molar-refractivity contribution in [3.05, 3.63) is 66.2 Å². The zero-order chi connectivity index (χ0) is 12.4. The molecule has 0 amide bonds. The van der Waals surface area contributed by atoms with E-state index in [4.69, 9.17) is 11.6 Å². The zero-order valence-electron chi connectivity index (χ0n) is 10.2. The van der Waals surface area contributed by atoms with Crippen molar-refractivity contribution in [3.63, 3.8) is 0 Å². The molecule has 3 aromatic rings. The van der Waals surface area contributed by atoms with Crippen molar-refractivity contribution in [1.29, 1.82) is 0 Å². The first-order chi connectivity index (χ1) is 8.86. The van der Waals surface area contributed by atoms with Gasteiger partial charge in [-0.15, -0.1) is 24.0 Å². The monoisotopic (exact) mass is 289 g/mol. The molecular weight excluding hydrogens is 277 g/mol. The van der Waals surface area contributed by atoms with Gasteiger partial charge in [0.15, 0.2) is 0 Å². The number of aromatic nitrogens is 1. The van der Waals surface area contributed by atoms with E-state index < -0.39 is 0 Å². The first kappa shape index (κ1) is 13.9. The fourth-order valence-corrected chi connectivity index (χ4v) is 2.17. The molecule has 3 rings (SSSR count).